The maximum atomic E-state index is 12.1. The Morgan fingerprint density at radius 2 is 2.10 bits per heavy atom. The van der Waals surface area contributed by atoms with Gasteiger partial charge in [0, 0.05) is 30.1 Å². The topological polar surface area (TPSA) is 96.1 Å². The summed E-state index contributed by atoms with van der Waals surface area (Å²) in [5.41, 5.74) is 6.26. The molecule has 7 heteroatoms. The zero-order chi connectivity index (χ0) is 14.3. The van der Waals surface area contributed by atoms with Crippen LogP contribution >= 0.6 is 0 Å². The average Bonchev–Trinajstić information content (AvgIpc) is 3.18. The second-order valence-electron chi connectivity index (χ2n) is 4.95. The summed E-state index contributed by atoms with van der Waals surface area (Å²) in [6, 6.07) is 4.94. The minimum Gasteiger partial charge on any atom is -0.393 e. The zero-order valence-electron chi connectivity index (χ0n) is 10.7. The lowest BCUT2D eigenvalue weighted by molar-refractivity contribution is -0.383. The molecule has 1 aliphatic carbocycles. The van der Waals surface area contributed by atoms with Crippen molar-refractivity contribution in [3.8, 4) is 0 Å². The smallest absolute Gasteiger partial charge is 0.328 e. The van der Waals surface area contributed by atoms with Gasteiger partial charge in [-0.25, -0.2) is 4.79 Å². The molecule has 3 rings (SSSR count). The molecule has 2 N–H and O–H groups in total. The number of hydrogen-bond acceptors (Lipinski definition) is 4. The fourth-order valence-electron chi connectivity index (χ4n) is 2.26. The molecule has 0 amide bonds. The van der Waals surface area contributed by atoms with Crippen molar-refractivity contribution in [1.29, 1.82) is 0 Å². The highest BCUT2D eigenvalue weighted by atomic mass is 16.6. The second kappa shape index (κ2) is 4.52. The van der Waals surface area contributed by atoms with E-state index in [2.05, 4.69) is 0 Å². The Morgan fingerprint density at radius 3 is 2.75 bits per heavy atom. The first-order valence-electron chi connectivity index (χ1n) is 6.37. The van der Waals surface area contributed by atoms with E-state index >= 15 is 0 Å². The fourth-order valence-corrected chi connectivity index (χ4v) is 2.26. The number of nitro groups is 1. The van der Waals surface area contributed by atoms with Crippen LogP contribution in [-0.4, -0.2) is 14.1 Å². The van der Waals surface area contributed by atoms with Crippen LogP contribution in [0.5, 0.6) is 0 Å². The molecule has 1 heterocycles. The van der Waals surface area contributed by atoms with Crippen molar-refractivity contribution >= 4 is 11.4 Å². The van der Waals surface area contributed by atoms with E-state index in [0.29, 0.717) is 11.6 Å². The highest BCUT2D eigenvalue weighted by Crippen LogP contribution is 2.33. The first-order chi connectivity index (χ1) is 9.58. The fraction of sp³-hybridized carbons (Fsp3) is 0.308. The van der Waals surface area contributed by atoms with Crippen molar-refractivity contribution in [2.24, 2.45) is 0 Å². The van der Waals surface area contributed by atoms with Crippen molar-refractivity contribution in [3.63, 3.8) is 0 Å². The van der Waals surface area contributed by atoms with E-state index in [0.717, 1.165) is 12.8 Å². The van der Waals surface area contributed by atoms with E-state index in [-0.39, 0.29) is 23.6 Å². The third kappa shape index (κ3) is 2.07. The Balaban J connectivity index is 1.93. The van der Waals surface area contributed by atoms with E-state index in [9.17, 15) is 14.9 Å². The van der Waals surface area contributed by atoms with Gasteiger partial charge in [0.05, 0.1) is 11.5 Å². The third-order valence-electron chi connectivity index (χ3n) is 3.52. The molecule has 0 bridgehead atoms. The maximum absolute atomic E-state index is 12.1. The molecule has 2 aromatic rings. The number of nitrogens with two attached hydrogens (primary N) is 1. The largest absolute Gasteiger partial charge is 0.393 e. The van der Waals surface area contributed by atoms with E-state index in [4.69, 9.17) is 5.73 Å². The van der Waals surface area contributed by atoms with Gasteiger partial charge in [-0.3, -0.25) is 19.2 Å². The normalized spacial score (nSPS) is 14.4. The predicted octanol–water partition coefficient (Wildman–Crippen LogP) is 1.52. The molecule has 0 radical (unpaired) electrons. The number of benzene rings is 1. The molecule has 0 spiro atoms. The lowest BCUT2D eigenvalue weighted by atomic mass is 10.1. The first kappa shape index (κ1) is 12.5. The minimum absolute atomic E-state index is 0.0987. The Labute approximate surface area is 114 Å². The van der Waals surface area contributed by atoms with Gasteiger partial charge in [-0.2, -0.15) is 0 Å². The molecule has 1 aromatic carbocycles. The molecule has 1 saturated carbocycles. The number of anilines is 1. The van der Waals surface area contributed by atoms with Crippen LogP contribution in [0.2, 0.25) is 0 Å². The number of nitro benzene ring substituents is 1. The summed E-state index contributed by atoms with van der Waals surface area (Å²) < 4.78 is 3.22. The van der Waals surface area contributed by atoms with Crippen molar-refractivity contribution in [2.45, 2.75) is 25.4 Å². The van der Waals surface area contributed by atoms with Crippen LogP contribution in [0.4, 0.5) is 11.4 Å². The van der Waals surface area contributed by atoms with Gasteiger partial charge in [-0.1, -0.05) is 12.1 Å². The standard InChI is InChI=1S/C13H14N4O3/c14-12-9(2-1-3-11(12)17(19)20)8-15-6-7-16(13(15)18)10-4-5-10/h1-3,6-7,10H,4-5,8,14H2. The summed E-state index contributed by atoms with van der Waals surface area (Å²) in [6.45, 7) is 0.242. The number of hydrogen-bond donors (Lipinski definition) is 1. The molecule has 0 unspecified atom stereocenters. The molecule has 1 fully saturated rings. The van der Waals surface area contributed by atoms with Gasteiger partial charge in [0.2, 0.25) is 0 Å². The van der Waals surface area contributed by atoms with Crippen molar-refractivity contribution in [1.82, 2.24) is 9.13 Å². The highest BCUT2D eigenvalue weighted by molar-refractivity contribution is 5.63. The van der Waals surface area contributed by atoms with E-state index in [1.54, 1.807) is 29.1 Å². The van der Waals surface area contributed by atoms with Crippen LogP contribution in [0.1, 0.15) is 24.4 Å². The van der Waals surface area contributed by atoms with Gasteiger partial charge in [-0.15, -0.1) is 0 Å². The molecular weight excluding hydrogens is 260 g/mol. The SMILES string of the molecule is Nc1c(Cn2ccn(C3CC3)c2=O)cccc1[N+](=O)[O-]. The highest BCUT2D eigenvalue weighted by Gasteiger charge is 2.25. The zero-order valence-corrected chi connectivity index (χ0v) is 10.7. The Morgan fingerprint density at radius 1 is 1.35 bits per heavy atom. The molecule has 0 atom stereocenters. The van der Waals surface area contributed by atoms with Gasteiger partial charge in [0.15, 0.2) is 0 Å². The summed E-state index contributed by atoms with van der Waals surface area (Å²) in [4.78, 5) is 22.5. The third-order valence-corrected chi connectivity index (χ3v) is 3.52. The molecular formula is C13H14N4O3. The molecule has 0 saturated heterocycles. The monoisotopic (exact) mass is 274 g/mol. The summed E-state index contributed by atoms with van der Waals surface area (Å²) in [5, 5.41) is 10.8. The molecule has 1 aliphatic rings. The van der Waals surface area contributed by atoms with Crippen LogP contribution < -0.4 is 11.4 Å². The average molecular weight is 274 g/mol. The summed E-state index contributed by atoms with van der Waals surface area (Å²) in [6.07, 6.45) is 5.51. The van der Waals surface area contributed by atoms with Crippen molar-refractivity contribution < 1.29 is 4.92 Å². The number of nitrogens with zero attached hydrogens (tertiary/aromatic N) is 3. The lowest BCUT2D eigenvalue weighted by Crippen LogP contribution is -2.24. The van der Waals surface area contributed by atoms with Gasteiger partial charge in [-0.05, 0) is 12.8 Å². The number of nitrogen functional groups attached to an aromatic ring is 1. The molecule has 7 nitrogen and oxygen atoms in total. The summed E-state index contributed by atoms with van der Waals surface area (Å²) >= 11 is 0. The van der Waals surface area contributed by atoms with Crippen LogP contribution in [0.15, 0.2) is 35.4 Å². The number of imidazole rings is 1. The van der Waals surface area contributed by atoms with Crippen LogP contribution in [-0.2, 0) is 6.54 Å². The van der Waals surface area contributed by atoms with Crippen LogP contribution in [0.25, 0.3) is 0 Å². The quantitative estimate of drug-likeness (QED) is 0.519. The van der Waals surface area contributed by atoms with Crippen molar-refractivity contribution in [3.05, 3.63) is 56.8 Å². The van der Waals surface area contributed by atoms with Gasteiger partial charge < -0.3 is 5.73 Å². The summed E-state index contributed by atoms with van der Waals surface area (Å²) in [7, 11) is 0. The van der Waals surface area contributed by atoms with E-state index in [1.807, 2.05) is 0 Å². The molecule has 20 heavy (non-hydrogen) atoms. The molecule has 0 aliphatic heterocycles. The van der Waals surface area contributed by atoms with Crippen LogP contribution in [0, 0.1) is 10.1 Å². The molecule has 104 valence electrons. The van der Waals surface area contributed by atoms with Gasteiger partial charge >= 0.3 is 5.69 Å². The number of aromatic nitrogens is 2. The minimum atomic E-state index is -0.517. The second-order valence-corrected chi connectivity index (χ2v) is 4.95. The summed E-state index contributed by atoms with van der Waals surface area (Å²) in [5.74, 6) is 0. The van der Waals surface area contributed by atoms with E-state index < -0.39 is 4.92 Å². The van der Waals surface area contributed by atoms with Gasteiger partial charge in [0.1, 0.15) is 5.69 Å². The lowest BCUT2D eigenvalue weighted by Gasteiger charge is -2.06. The van der Waals surface area contributed by atoms with Gasteiger partial charge in [0.25, 0.3) is 5.69 Å². The molecule has 1 aromatic heterocycles. The first-order valence-corrected chi connectivity index (χ1v) is 6.37. The number of rotatable bonds is 4. The Kier molecular flexibility index (Phi) is 2.81. The maximum Gasteiger partial charge on any atom is 0.328 e. The van der Waals surface area contributed by atoms with Crippen LogP contribution in [0.3, 0.4) is 0 Å². The predicted molar refractivity (Wildman–Crippen MR) is 73.6 cm³/mol. The number of para-hydroxylation sites is 1. The van der Waals surface area contributed by atoms with E-state index in [1.165, 1.54) is 10.6 Å². The Hall–Kier alpha value is -2.57. The Bertz CT molecular complexity index is 727. The van der Waals surface area contributed by atoms with Crippen molar-refractivity contribution in [2.75, 3.05) is 5.73 Å².